The number of Topliss-reactive ketones (excluding diaryl/α,β-unsaturated/α-hetero) is 1. The first-order valence-electron chi connectivity index (χ1n) is 12.0. The number of benzene rings is 1. The number of aromatic amines is 1. The number of nitrogens with zero attached hydrogens (tertiary/aromatic N) is 3. The topological polar surface area (TPSA) is 143 Å². The lowest BCUT2D eigenvalue weighted by Gasteiger charge is -2.32. The average molecular weight is 501 g/mol. The molecule has 0 saturated carbocycles. The van der Waals surface area contributed by atoms with E-state index in [0.717, 1.165) is 16.5 Å². The molecule has 196 valence electrons. The average Bonchev–Trinajstić information content (AvgIpc) is 3.43. The molecule has 3 rings (SSSR count). The number of methoxy groups -OCH3 is 1. The third-order valence-electron chi connectivity index (χ3n) is 5.95. The Balaban J connectivity index is 1.75. The van der Waals surface area contributed by atoms with Crippen LogP contribution in [0.1, 0.15) is 57.3 Å². The second-order valence-electron chi connectivity index (χ2n) is 10.1. The standard InChI is InChI=1S/C26H36N4O6/c1-15(31)23(33)22(24(34-6)26(3,4)5)30-35-14-19(32)12-17(25-28-16(2)29-36-25)11-18-13-27-21-10-8-7-9-20(18)21/h7-10,13,15,17,23-24,27,31,33H,11-12,14H2,1-6H3/b30-22+/t15-,17-,23+,24-/m1/s1. The van der Waals surface area contributed by atoms with Crippen molar-refractivity contribution in [1.82, 2.24) is 15.1 Å². The van der Waals surface area contributed by atoms with Crippen molar-refractivity contribution < 1.29 is 29.1 Å². The number of fused-ring (bicyclic) bond motifs is 1. The molecule has 10 heteroatoms. The Hall–Kier alpha value is -3.08. The Bertz CT molecular complexity index is 1180. The summed E-state index contributed by atoms with van der Waals surface area (Å²) in [5.41, 5.74) is 1.73. The van der Waals surface area contributed by atoms with E-state index in [1.165, 1.54) is 14.0 Å². The van der Waals surface area contributed by atoms with Crippen LogP contribution in [-0.2, 0) is 20.8 Å². The lowest BCUT2D eigenvalue weighted by atomic mass is 9.83. The molecule has 0 spiro atoms. The fraction of sp³-hybridized carbons (Fsp3) is 0.538. The van der Waals surface area contributed by atoms with E-state index in [4.69, 9.17) is 14.1 Å². The van der Waals surface area contributed by atoms with Gasteiger partial charge in [-0.25, -0.2) is 0 Å². The van der Waals surface area contributed by atoms with Crippen LogP contribution in [-0.4, -0.2) is 68.9 Å². The molecule has 0 unspecified atom stereocenters. The van der Waals surface area contributed by atoms with Gasteiger partial charge in [-0.2, -0.15) is 4.98 Å². The number of aromatic nitrogens is 3. The van der Waals surface area contributed by atoms with Crippen molar-refractivity contribution in [1.29, 1.82) is 0 Å². The van der Waals surface area contributed by atoms with Gasteiger partial charge < -0.3 is 29.3 Å². The minimum absolute atomic E-state index is 0.0952. The maximum Gasteiger partial charge on any atom is 0.230 e. The van der Waals surface area contributed by atoms with Gasteiger partial charge in [0, 0.05) is 36.5 Å². The summed E-state index contributed by atoms with van der Waals surface area (Å²) >= 11 is 0. The summed E-state index contributed by atoms with van der Waals surface area (Å²) in [7, 11) is 1.49. The Kier molecular flexibility index (Phi) is 8.99. The SMILES string of the molecule is CO[C@H](/C(=N/OCC(=O)C[C@@H](Cc1c[nH]c2ccccc12)c1nc(C)no1)[C@@H](O)[C@@H](C)O)C(C)(C)C. The molecule has 0 fully saturated rings. The third kappa shape index (κ3) is 6.77. The van der Waals surface area contributed by atoms with E-state index < -0.39 is 23.7 Å². The first-order valence-corrected chi connectivity index (χ1v) is 12.0. The van der Waals surface area contributed by atoms with Crippen molar-refractivity contribution in [2.45, 2.75) is 71.7 Å². The summed E-state index contributed by atoms with van der Waals surface area (Å²) in [4.78, 5) is 25.9. The monoisotopic (exact) mass is 500 g/mol. The van der Waals surface area contributed by atoms with Crippen molar-refractivity contribution in [3.8, 4) is 0 Å². The van der Waals surface area contributed by atoms with Crippen LogP contribution in [0.2, 0.25) is 0 Å². The normalized spacial score (nSPS) is 16.1. The van der Waals surface area contributed by atoms with Crippen LogP contribution in [0.25, 0.3) is 10.9 Å². The number of H-pyrrole nitrogens is 1. The van der Waals surface area contributed by atoms with Crippen LogP contribution >= 0.6 is 0 Å². The second kappa shape index (κ2) is 11.8. The number of hydrogen-bond acceptors (Lipinski definition) is 9. The molecule has 0 bridgehead atoms. The molecule has 36 heavy (non-hydrogen) atoms. The molecular weight excluding hydrogens is 464 g/mol. The molecule has 2 heterocycles. The Labute approximate surface area is 210 Å². The van der Waals surface area contributed by atoms with E-state index in [1.807, 2.05) is 51.2 Å². The molecule has 10 nitrogen and oxygen atoms in total. The number of oxime groups is 1. The zero-order chi connectivity index (χ0) is 26.5. The van der Waals surface area contributed by atoms with E-state index in [9.17, 15) is 15.0 Å². The number of nitrogens with one attached hydrogen (secondary N) is 1. The Morgan fingerprint density at radius 3 is 2.58 bits per heavy atom. The van der Waals surface area contributed by atoms with E-state index in [0.29, 0.717) is 18.1 Å². The first-order chi connectivity index (χ1) is 17.0. The summed E-state index contributed by atoms with van der Waals surface area (Å²) in [5.74, 6) is 0.295. The quantitative estimate of drug-likeness (QED) is 0.254. The molecule has 0 amide bonds. The number of ether oxygens (including phenoxy) is 1. The maximum atomic E-state index is 12.9. The molecule has 1 aromatic carbocycles. The smallest absolute Gasteiger partial charge is 0.230 e. The van der Waals surface area contributed by atoms with Crippen molar-refractivity contribution in [2.24, 2.45) is 10.6 Å². The van der Waals surface area contributed by atoms with Gasteiger partial charge in [-0.05, 0) is 37.3 Å². The lowest BCUT2D eigenvalue weighted by molar-refractivity contribution is -0.124. The fourth-order valence-corrected chi connectivity index (χ4v) is 4.23. The fourth-order valence-electron chi connectivity index (χ4n) is 4.23. The summed E-state index contributed by atoms with van der Waals surface area (Å²) in [5, 5.41) is 29.4. The molecule has 4 atom stereocenters. The molecule has 0 radical (unpaired) electrons. The van der Waals surface area contributed by atoms with Crippen molar-refractivity contribution in [2.75, 3.05) is 13.7 Å². The highest BCUT2D eigenvalue weighted by Crippen LogP contribution is 2.28. The van der Waals surface area contributed by atoms with Crippen LogP contribution in [0.15, 0.2) is 40.1 Å². The first kappa shape index (κ1) is 27.5. The van der Waals surface area contributed by atoms with Gasteiger partial charge in [-0.1, -0.05) is 49.3 Å². The number of carbonyl (C=O) groups excluding carboxylic acids is 1. The van der Waals surface area contributed by atoms with Crippen LogP contribution in [0.3, 0.4) is 0 Å². The number of rotatable bonds is 12. The van der Waals surface area contributed by atoms with E-state index in [1.54, 1.807) is 6.92 Å². The number of aliphatic hydroxyl groups excluding tert-OH is 2. The van der Waals surface area contributed by atoms with Gasteiger partial charge in [0.05, 0.1) is 6.10 Å². The van der Waals surface area contributed by atoms with E-state index >= 15 is 0 Å². The summed E-state index contributed by atoms with van der Waals surface area (Å²) in [6.45, 7) is 8.59. The molecule has 3 N–H and O–H groups in total. The summed E-state index contributed by atoms with van der Waals surface area (Å²) in [6.07, 6.45) is -0.494. The van der Waals surface area contributed by atoms with E-state index in [2.05, 4.69) is 20.3 Å². The van der Waals surface area contributed by atoms with Crippen LogP contribution in [0, 0.1) is 12.3 Å². The number of para-hydroxylation sites is 1. The number of ketones is 1. The number of carbonyl (C=O) groups is 1. The van der Waals surface area contributed by atoms with Crippen LogP contribution in [0.5, 0.6) is 0 Å². The molecule has 0 aliphatic rings. The van der Waals surface area contributed by atoms with Crippen molar-refractivity contribution in [3.05, 3.63) is 47.7 Å². The number of hydrogen-bond donors (Lipinski definition) is 3. The van der Waals surface area contributed by atoms with E-state index in [-0.39, 0.29) is 30.4 Å². The van der Waals surface area contributed by atoms with Gasteiger partial charge in [0.15, 0.2) is 18.2 Å². The predicted octanol–water partition coefficient (Wildman–Crippen LogP) is 3.32. The number of aryl methyl sites for hydroxylation is 1. The summed E-state index contributed by atoms with van der Waals surface area (Å²) in [6, 6.07) is 7.94. The molecule has 2 aromatic heterocycles. The minimum Gasteiger partial charge on any atom is -0.390 e. The van der Waals surface area contributed by atoms with Gasteiger partial charge in [-0.15, -0.1) is 0 Å². The summed E-state index contributed by atoms with van der Waals surface area (Å²) < 4.78 is 10.9. The van der Waals surface area contributed by atoms with Gasteiger partial charge in [0.25, 0.3) is 0 Å². The third-order valence-corrected chi connectivity index (χ3v) is 5.95. The zero-order valence-corrected chi connectivity index (χ0v) is 21.7. The highest BCUT2D eigenvalue weighted by Gasteiger charge is 2.36. The molecule has 0 aliphatic carbocycles. The van der Waals surface area contributed by atoms with Crippen LogP contribution in [0.4, 0.5) is 0 Å². The van der Waals surface area contributed by atoms with Gasteiger partial charge in [0.2, 0.25) is 5.89 Å². The van der Waals surface area contributed by atoms with Crippen LogP contribution < -0.4 is 0 Å². The zero-order valence-electron chi connectivity index (χ0n) is 21.7. The Morgan fingerprint density at radius 2 is 1.97 bits per heavy atom. The highest BCUT2D eigenvalue weighted by molar-refractivity contribution is 5.93. The Morgan fingerprint density at radius 1 is 1.25 bits per heavy atom. The van der Waals surface area contributed by atoms with Gasteiger partial charge in [-0.3, -0.25) is 4.79 Å². The molecule has 0 aliphatic heterocycles. The molecular formula is C26H36N4O6. The molecule has 3 aromatic rings. The van der Waals surface area contributed by atoms with Crippen molar-refractivity contribution >= 4 is 22.4 Å². The van der Waals surface area contributed by atoms with Gasteiger partial charge >= 0.3 is 0 Å². The number of aliphatic hydroxyl groups is 2. The highest BCUT2D eigenvalue weighted by atomic mass is 16.6. The minimum atomic E-state index is -1.31. The van der Waals surface area contributed by atoms with Gasteiger partial charge in [0.1, 0.15) is 17.9 Å². The van der Waals surface area contributed by atoms with Crippen molar-refractivity contribution in [3.63, 3.8) is 0 Å². The second-order valence-corrected chi connectivity index (χ2v) is 10.1. The predicted molar refractivity (Wildman–Crippen MR) is 135 cm³/mol. The lowest BCUT2D eigenvalue weighted by Crippen LogP contribution is -2.46. The largest absolute Gasteiger partial charge is 0.390 e. The maximum absolute atomic E-state index is 12.9. The molecule has 0 saturated heterocycles.